The van der Waals surface area contributed by atoms with Gasteiger partial charge < -0.3 is 4.74 Å². The average Bonchev–Trinajstić information content (AvgIpc) is 2.63. The molecule has 6 nitrogen and oxygen atoms in total. The van der Waals surface area contributed by atoms with E-state index in [1.165, 1.54) is 0 Å². The van der Waals surface area contributed by atoms with Gasteiger partial charge in [0.25, 0.3) is 11.8 Å². The first-order valence-electron chi connectivity index (χ1n) is 6.21. The highest BCUT2D eigenvalue weighted by Crippen LogP contribution is 2.12. The zero-order chi connectivity index (χ0) is 14.1. The fourth-order valence-electron chi connectivity index (χ4n) is 1.14. The molecule has 6 heteroatoms. The second-order valence-electron chi connectivity index (χ2n) is 3.95. The van der Waals surface area contributed by atoms with Gasteiger partial charge in [-0.05, 0) is 12.3 Å². The summed E-state index contributed by atoms with van der Waals surface area (Å²) < 4.78 is 4.70. The van der Waals surface area contributed by atoms with E-state index >= 15 is 0 Å². The molecule has 0 spiro atoms. The lowest BCUT2D eigenvalue weighted by molar-refractivity contribution is -0.177. The summed E-state index contributed by atoms with van der Waals surface area (Å²) in [7, 11) is 0. The quantitative estimate of drug-likeness (QED) is 0.572. The Balaban J connectivity index is 0.00000137. The second-order valence-corrected chi connectivity index (χ2v) is 3.95. The van der Waals surface area contributed by atoms with Crippen molar-refractivity contribution < 1.29 is 24.0 Å². The molecule has 0 aliphatic carbocycles. The van der Waals surface area contributed by atoms with Crippen molar-refractivity contribution in [2.24, 2.45) is 5.92 Å². The predicted octanol–water partition coefficient (Wildman–Crippen LogP) is 2.28. The molecular weight excluding hydrogens is 238 g/mol. The van der Waals surface area contributed by atoms with Crippen LogP contribution >= 0.6 is 0 Å². The molecule has 0 radical (unpaired) electrons. The number of hydroxylamine groups is 2. The van der Waals surface area contributed by atoms with E-state index in [4.69, 9.17) is 4.74 Å². The normalized spacial score (nSPS) is 14.4. The molecule has 0 unspecified atom stereocenters. The van der Waals surface area contributed by atoms with E-state index in [0.717, 1.165) is 0 Å². The highest BCUT2D eigenvalue weighted by atomic mass is 16.8. The number of carbonyl (C=O) groups excluding carboxylic acids is 3. The van der Waals surface area contributed by atoms with E-state index in [1.807, 2.05) is 27.7 Å². The SMILES string of the molecule is CC.CC(C)CCOC(=O)ON1C(=O)CCC1=O. The third kappa shape index (κ3) is 5.65. The summed E-state index contributed by atoms with van der Waals surface area (Å²) in [6, 6.07) is 0. The number of hydrogen-bond donors (Lipinski definition) is 0. The third-order valence-corrected chi connectivity index (χ3v) is 2.09. The fraction of sp³-hybridized carbons (Fsp3) is 0.750. The van der Waals surface area contributed by atoms with Crippen molar-refractivity contribution in [1.29, 1.82) is 0 Å². The molecule has 0 N–H and O–H groups in total. The van der Waals surface area contributed by atoms with Crippen LogP contribution in [0.4, 0.5) is 4.79 Å². The Morgan fingerprint density at radius 1 is 1.22 bits per heavy atom. The van der Waals surface area contributed by atoms with Crippen molar-refractivity contribution in [3.05, 3.63) is 0 Å². The minimum atomic E-state index is -1.01. The molecule has 0 bridgehead atoms. The Kier molecular flexibility index (Phi) is 7.74. The van der Waals surface area contributed by atoms with Crippen LogP contribution in [-0.4, -0.2) is 29.6 Å². The Morgan fingerprint density at radius 3 is 2.17 bits per heavy atom. The van der Waals surface area contributed by atoms with Crippen LogP contribution < -0.4 is 0 Å². The lowest BCUT2D eigenvalue weighted by atomic mass is 10.1. The highest BCUT2D eigenvalue weighted by molar-refractivity contribution is 6.01. The summed E-state index contributed by atoms with van der Waals surface area (Å²) in [5.74, 6) is -0.612. The van der Waals surface area contributed by atoms with Gasteiger partial charge in [-0.25, -0.2) is 4.79 Å². The largest absolute Gasteiger partial charge is 0.533 e. The van der Waals surface area contributed by atoms with Gasteiger partial charge in [0.1, 0.15) is 0 Å². The Morgan fingerprint density at radius 2 is 1.72 bits per heavy atom. The van der Waals surface area contributed by atoms with Crippen LogP contribution in [0.1, 0.15) is 47.0 Å². The van der Waals surface area contributed by atoms with Gasteiger partial charge in [-0.3, -0.25) is 14.4 Å². The van der Waals surface area contributed by atoms with Gasteiger partial charge in [0, 0.05) is 12.8 Å². The summed E-state index contributed by atoms with van der Waals surface area (Å²) in [6.07, 6.45) is -0.142. The van der Waals surface area contributed by atoms with Crippen LogP contribution in [0, 0.1) is 5.92 Å². The van der Waals surface area contributed by atoms with Crippen LogP contribution in [0.25, 0.3) is 0 Å². The fourth-order valence-corrected chi connectivity index (χ4v) is 1.14. The highest BCUT2D eigenvalue weighted by Gasteiger charge is 2.33. The maximum atomic E-state index is 11.1. The van der Waals surface area contributed by atoms with Gasteiger partial charge in [0.15, 0.2) is 0 Å². The van der Waals surface area contributed by atoms with E-state index in [1.54, 1.807) is 0 Å². The second kappa shape index (κ2) is 8.49. The van der Waals surface area contributed by atoms with Gasteiger partial charge in [-0.1, -0.05) is 32.8 Å². The van der Waals surface area contributed by atoms with Crippen molar-refractivity contribution in [3.8, 4) is 0 Å². The first-order valence-corrected chi connectivity index (χ1v) is 6.21. The van der Waals surface area contributed by atoms with Gasteiger partial charge in [-0.15, -0.1) is 0 Å². The molecule has 1 aliphatic heterocycles. The van der Waals surface area contributed by atoms with E-state index in [-0.39, 0.29) is 19.4 Å². The molecule has 104 valence electrons. The summed E-state index contributed by atoms with van der Waals surface area (Å²) in [5.41, 5.74) is 0. The van der Waals surface area contributed by atoms with Gasteiger partial charge >= 0.3 is 6.16 Å². The Hall–Kier alpha value is -1.59. The van der Waals surface area contributed by atoms with E-state index in [2.05, 4.69) is 4.84 Å². The van der Waals surface area contributed by atoms with Crippen LogP contribution in [0.5, 0.6) is 0 Å². The Labute approximate surface area is 107 Å². The first-order chi connectivity index (χ1) is 8.50. The first kappa shape index (κ1) is 16.4. The van der Waals surface area contributed by atoms with Crippen molar-refractivity contribution in [3.63, 3.8) is 0 Å². The minimum absolute atomic E-state index is 0.0815. The van der Waals surface area contributed by atoms with Crippen molar-refractivity contribution >= 4 is 18.0 Å². The molecule has 1 saturated heterocycles. The monoisotopic (exact) mass is 259 g/mol. The topological polar surface area (TPSA) is 72.9 Å². The van der Waals surface area contributed by atoms with E-state index < -0.39 is 18.0 Å². The smallest absolute Gasteiger partial charge is 0.433 e. The average molecular weight is 259 g/mol. The summed E-state index contributed by atoms with van der Waals surface area (Å²) >= 11 is 0. The molecule has 0 atom stereocenters. The van der Waals surface area contributed by atoms with Crippen LogP contribution in [0.3, 0.4) is 0 Å². The van der Waals surface area contributed by atoms with Crippen LogP contribution in [-0.2, 0) is 19.2 Å². The number of carbonyl (C=O) groups is 3. The molecule has 0 saturated carbocycles. The molecular formula is C12H21NO5. The van der Waals surface area contributed by atoms with Gasteiger partial charge in [0.05, 0.1) is 6.61 Å². The van der Waals surface area contributed by atoms with E-state index in [0.29, 0.717) is 17.4 Å². The van der Waals surface area contributed by atoms with Gasteiger partial charge in [-0.2, -0.15) is 0 Å². The standard InChI is InChI=1S/C10H15NO5.C2H6/c1-7(2)5-6-15-10(14)16-11-8(12)3-4-9(11)13;1-2/h7H,3-6H2,1-2H3;1-2H3. The van der Waals surface area contributed by atoms with Crippen LogP contribution in [0.15, 0.2) is 0 Å². The molecule has 0 aromatic heterocycles. The van der Waals surface area contributed by atoms with Gasteiger partial charge in [0.2, 0.25) is 0 Å². The van der Waals surface area contributed by atoms with Crippen molar-refractivity contribution in [1.82, 2.24) is 5.06 Å². The lowest BCUT2D eigenvalue weighted by Crippen LogP contribution is -2.32. The third-order valence-electron chi connectivity index (χ3n) is 2.09. The zero-order valence-corrected chi connectivity index (χ0v) is 11.4. The molecule has 18 heavy (non-hydrogen) atoms. The lowest BCUT2D eigenvalue weighted by Gasteiger charge is -2.12. The minimum Gasteiger partial charge on any atom is -0.433 e. The van der Waals surface area contributed by atoms with E-state index in [9.17, 15) is 14.4 Å². The molecule has 2 amide bonds. The molecule has 0 aromatic carbocycles. The number of hydrogen-bond acceptors (Lipinski definition) is 5. The molecule has 1 aliphatic rings. The molecule has 1 fully saturated rings. The van der Waals surface area contributed by atoms with Crippen molar-refractivity contribution in [2.75, 3.05) is 6.61 Å². The summed E-state index contributed by atoms with van der Waals surface area (Å²) in [4.78, 5) is 37.7. The number of ether oxygens (including phenoxy) is 1. The predicted molar refractivity (Wildman–Crippen MR) is 64.3 cm³/mol. The maximum Gasteiger partial charge on any atom is 0.533 e. The number of rotatable bonds is 4. The summed E-state index contributed by atoms with van der Waals surface area (Å²) in [6.45, 7) is 8.19. The maximum absolute atomic E-state index is 11.1. The van der Waals surface area contributed by atoms with Crippen LogP contribution in [0.2, 0.25) is 0 Å². The number of amides is 2. The molecule has 0 aromatic rings. The Bertz CT molecular complexity index is 285. The van der Waals surface area contributed by atoms with Crippen molar-refractivity contribution in [2.45, 2.75) is 47.0 Å². The molecule has 1 rings (SSSR count). The summed E-state index contributed by atoms with van der Waals surface area (Å²) in [5, 5.41) is 0.470. The zero-order valence-electron chi connectivity index (χ0n) is 11.4. The molecule has 1 heterocycles. The number of nitrogens with zero attached hydrogens (tertiary/aromatic N) is 1. The number of imide groups is 1.